The van der Waals surface area contributed by atoms with E-state index in [0.29, 0.717) is 0 Å². The number of nitrogen functional groups attached to an aromatic ring is 1. The van der Waals surface area contributed by atoms with Crippen molar-refractivity contribution in [3.05, 3.63) is 23.8 Å². The van der Waals surface area contributed by atoms with E-state index in [4.69, 9.17) is 5.73 Å². The second kappa shape index (κ2) is 3.67. The number of benzene rings is 1. The summed E-state index contributed by atoms with van der Waals surface area (Å²) in [7, 11) is 0. The molecule has 1 aromatic carbocycles. The highest BCUT2D eigenvalue weighted by Crippen LogP contribution is 2.21. The molecular weight excluding hydrogens is 154 g/mol. The summed E-state index contributed by atoms with van der Waals surface area (Å²) < 4.78 is 0. The minimum atomic E-state index is 0.831. The molecule has 0 saturated heterocycles. The number of nitrogens with two attached hydrogens (primary N) is 1. The van der Waals surface area contributed by atoms with Gasteiger partial charge in [0.1, 0.15) is 0 Å². The SMILES string of the molecule is CCCc1cccc(S)c1N. The fraction of sp³-hybridized carbons (Fsp3) is 0.333. The highest BCUT2D eigenvalue weighted by molar-refractivity contribution is 7.80. The molecule has 11 heavy (non-hydrogen) atoms. The quantitative estimate of drug-likeness (QED) is 0.513. The van der Waals surface area contributed by atoms with Gasteiger partial charge in [0.2, 0.25) is 0 Å². The molecule has 2 heteroatoms. The van der Waals surface area contributed by atoms with Crippen molar-refractivity contribution < 1.29 is 0 Å². The first-order valence-electron chi connectivity index (χ1n) is 3.82. The summed E-state index contributed by atoms with van der Waals surface area (Å²) in [6, 6.07) is 5.96. The summed E-state index contributed by atoms with van der Waals surface area (Å²) in [4.78, 5) is 0.885. The number of hydrogen-bond donors (Lipinski definition) is 2. The second-order valence-electron chi connectivity index (χ2n) is 2.60. The summed E-state index contributed by atoms with van der Waals surface area (Å²) in [5.74, 6) is 0. The average molecular weight is 167 g/mol. The van der Waals surface area contributed by atoms with Crippen LogP contribution in [0.25, 0.3) is 0 Å². The van der Waals surface area contributed by atoms with Gasteiger partial charge in [-0.2, -0.15) is 0 Å². The third-order valence-electron chi connectivity index (χ3n) is 1.69. The normalized spacial score (nSPS) is 10.0. The van der Waals surface area contributed by atoms with Gasteiger partial charge >= 0.3 is 0 Å². The zero-order chi connectivity index (χ0) is 8.27. The van der Waals surface area contributed by atoms with Gasteiger partial charge in [0.25, 0.3) is 0 Å². The van der Waals surface area contributed by atoms with E-state index < -0.39 is 0 Å². The van der Waals surface area contributed by atoms with Crippen LogP contribution in [0.1, 0.15) is 18.9 Å². The average Bonchev–Trinajstić information content (AvgIpc) is 1.99. The van der Waals surface area contributed by atoms with Crippen LogP contribution < -0.4 is 5.73 Å². The highest BCUT2D eigenvalue weighted by Gasteiger charge is 1.99. The van der Waals surface area contributed by atoms with Gasteiger partial charge < -0.3 is 5.73 Å². The summed E-state index contributed by atoms with van der Waals surface area (Å²) in [5.41, 5.74) is 7.83. The molecule has 0 unspecified atom stereocenters. The van der Waals surface area contributed by atoms with E-state index in [-0.39, 0.29) is 0 Å². The summed E-state index contributed by atoms with van der Waals surface area (Å²) >= 11 is 4.24. The van der Waals surface area contributed by atoms with Crippen LogP contribution in [0.5, 0.6) is 0 Å². The number of thiol groups is 1. The van der Waals surface area contributed by atoms with E-state index in [0.717, 1.165) is 23.4 Å². The van der Waals surface area contributed by atoms with Gasteiger partial charge in [-0.1, -0.05) is 25.5 Å². The third kappa shape index (κ3) is 1.90. The fourth-order valence-corrected chi connectivity index (χ4v) is 1.32. The van der Waals surface area contributed by atoms with Gasteiger partial charge in [0, 0.05) is 10.6 Å². The molecule has 0 saturated carbocycles. The molecule has 60 valence electrons. The first-order chi connectivity index (χ1) is 5.25. The monoisotopic (exact) mass is 167 g/mol. The lowest BCUT2D eigenvalue weighted by Gasteiger charge is -2.05. The molecule has 0 aliphatic carbocycles. The van der Waals surface area contributed by atoms with Crippen molar-refractivity contribution in [1.82, 2.24) is 0 Å². The Balaban J connectivity index is 2.96. The van der Waals surface area contributed by atoms with Gasteiger partial charge in [-0.05, 0) is 18.1 Å². The predicted octanol–water partition coefficient (Wildman–Crippen LogP) is 2.51. The molecule has 0 heterocycles. The van der Waals surface area contributed by atoms with Crippen molar-refractivity contribution in [1.29, 1.82) is 0 Å². The molecule has 0 atom stereocenters. The van der Waals surface area contributed by atoms with E-state index in [1.165, 1.54) is 5.56 Å². The maximum absolute atomic E-state index is 5.79. The van der Waals surface area contributed by atoms with E-state index >= 15 is 0 Å². The standard InChI is InChI=1S/C9H13NS/c1-2-4-7-5-3-6-8(11)9(7)10/h3,5-6,11H,2,4,10H2,1H3. The minimum Gasteiger partial charge on any atom is -0.398 e. The Morgan fingerprint density at radius 2 is 2.18 bits per heavy atom. The molecule has 0 fully saturated rings. The molecule has 0 aliphatic heterocycles. The van der Waals surface area contributed by atoms with Gasteiger partial charge in [0.05, 0.1) is 0 Å². The van der Waals surface area contributed by atoms with Crippen LogP contribution in [-0.2, 0) is 6.42 Å². The Labute approximate surface area is 73.0 Å². The smallest absolute Gasteiger partial charge is 0.0482 e. The maximum atomic E-state index is 5.79. The Bertz CT molecular complexity index is 245. The van der Waals surface area contributed by atoms with E-state index in [2.05, 4.69) is 25.6 Å². The predicted molar refractivity (Wildman–Crippen MR) is 52.1 cm³/mol. The molecule has 0 amide bonds. The lowest BCUT2D eigenvalue weighted by atomic mass is 10.1. The molecule has 0 aliphatic rings. The van der Waals surface area contributed by atoms with Crippen LogP contribution in [0.15, 0.2) is 23.1 Å². The van der Waals surface area contributed by atoms with E-state index in [1.54, 1.807) is 0 Å². The van der Waals surface area contributed by atoms with Gasteiger partial charge in [-0.3, -0.25) is 0 Å². The van der Waals surface area contributed by atoms with Crippen LogP contribution in [0.4, 0.5) is 5.69 Å². The van der Waals surface area contributed by atoms with Gasteiger partial charge in [-0.15, -0.1) is 12.6 Å². The molecule has 0 aromatic heterocycles. The van der Waals surface area contributed by atoms with Crippen molar-refractivity contribution in [2.75, 3.05) is 5.73 Å². The number of aryl methyl sites for hydroxylation is 1. The number of anilines is 1. The van der Waals surface area contributed by atoms with E-state index in [1.807, 2.05) is 12.1 Å². The Hall–Kier alpha value is -0.630. The maximum Gasteiger partial charge on any atom is 0.0482 e. The summed E-state index contributed by atoms with van der Waals surface area (Å²) in [5, 5.41) is 0. The Morgan fingerprint density at radius 1 is 1.45 bits per heavy atom. The van der Waals surface area contributed by atoms with E-state index in [9.17, 15) is 0 Å². The van der Waals surface area contributed by atoms with Crippen LogP contribution in [-0.4, -0.2) is 0 Å². The van der Waals surface area contributed by atoms with Crippen LogP contribution in [0.3, 0.4) is 0 Å². The molecule has 0 spiro atoms. The zero-order valence-electron chi connectivity index (χ0n) is 6.67. The first-order valence-corrected chi connectivity index (χ1v) is 4.26. The highest BCUT2D eigenvalue weighted by atomic mass is 32.1. The van der Waals surface area contributed by atoms with Crippen LogP contribution in [0, 0.1) is 0 Å². The topological polar surface area (TPSA) is 26.0 Å². The minimum absolute atomic E-state index is 0.831. The molecular formula is C9H13NS. The van der Waals surface area contributed by atoms with Crippen LogP contribution in [0.2, 0.25) is 0 Å². The molecule has 1 aromatic rings. The second-order valence-corrected chi connectivity index (χ2v) is 3.08. The lowest BCUT2D eigenvalue weighted by molar-refractivity contribution is 0.921. The fourth-order valence-electron chi connectivity index (χ4n) is 1.09. The summed E-state index contributed by atoms with van der Waals surface area (Å²) in [6.45, 7) is 2.14. The molecule has 1 rings (SSSR count). The molecule has 1 nitrogen and oxygen atoms in total. The largest absolute Gasteiger partial charge is 0.398 e. The van der Waals surface area contributed by atoms with Crippen LogP contribution >= 0.6 is 12.6 Å². The number of para-hydroxylation sites is 1. The zero-order valence-corrected chi connectivity index (χ0v) is 7.57. The summed E-state index contributed by atoms with van der Waals surface area (Å²) in [6.07, 6.45) is 2.17. The van der Waals surface area contributed by atoms with Crippen molar-refractivity contribution in [2.24, 2.45) is 0 Å². The first kappa shape index (κ1) is 8.47. The number of hydrogen-bond acceptors (Lipinski definition) is 2. The van der Waals surface area contributed by atoms with Crippen molar-refractivity contribution in [3.63, 3.8) is 0 Å². The molecule has 2 N–H and O–H groups in total. The lowest BCUT2D eigenvalue weighted by Crippen LogP contribution is -1.94. The Morgan fingerprint density at radius 3 is 2.82 bits per heavy atom. The third-order valence-corrected chi connectivity index (χ3v) is 2.08. The van der Waals surface area contributed by atoms with Gasteiger partial charge in [-0.25, -0.2) is 0 Å². The molecule has 0 radical (unpaired) electrons. The van der Waals surface area contributed by atoms with Gasteiger partial charge in [0.15, 0.2) is 0 Å². The molecule has 0 bridgehead atoms. The van der Waals surface area contributed by atoms with Crippen molar-refractivity contribution in [3.8, 4) is 0 Å². The van der Waals surface area contributed by atoms with Crippen molar-refractivity contribution >= 4 is 18.3 Å². The Kier molecular flexibility index (Phi) is 2.83. The number of rotatable bonds is 2. The van der Waals surface area contributed by atoms with Crippen molar-refractivity contribution in [2.45, 2.75) is 24.7 Å².